The molecule has 2 aromatic carbocycles. The van der Waals surface area contributed by atoms with Crippen LogP contribution in [0.2, 0.25) is 0 Å². The quantitative estimate of drug-likeness (QED) is 0.539. The van der Waals surface area contributed by atoms with Gasteiger partial charge in [0, 0.05) is 37.7 Å². The Kier molecular flexibility index (Phi) is 6.56. The molecule has 0 aliphatic carbocycles. The second-order valence-electron chi connectivity index (χ2n) is 6.52. The third kappa shape index (κ3) is 5.19. The van der Waals surface area contributed by atoms with Gasteiger partial charge in [-0.1, -0.05) is 6.07 Å². The van der Waals surface area contributed by atoms with Crippen LogP contribution in [0.3, 0.4) is 0 Å². The van der Waals surface area contributed by atoms with Gasteiger partial charge in [-0.2, -0.15) is 0 Å². The van der Waals surface area contributed by atoms with Gasteiger partial charge in [-0.25, -0.2) is 13.1 Å². The maximum Gasteiger partial charge on any atom is 0.249 e. The smallest absolute Gasteiger partial charge is 0.249 e. The third-order valence-electron chi connectivity index (χ3n) is 4.29. The Morgan fingerprint density at radius 2 is 1.87 bits per heavy atom. The van der Waals surface area contributed by atoms with Gasteiger partial charge >= 0.3 is 0 Å². The van der Waals surface area contributed by atoms with Crippen molar-refractivity contribution in [3.8, 4) is 23.0 Å². The van der Waals surface area contributed by atoms with Crippen LogP contribution >= 0.6 is 0 Å². The lowest BCUT2D eigenvalue weighted by Crippen LogP contribution is -2.24. The van der Waals surface area contributed by atoms with Gasteiger partial charge in [0.1, 0.15) is 11.5 Å². The molecule has 3 aromatic rings. The fraction of sp³-hybridized carbons (Fsp3) is 0.250. The number of nitrogens with zero attached hydrogens (tertiary/aromatic N) is 2. The van der Waals surface area contributed by atoms with Crippen LogP contribution in [0.15, 0.2) is 45.7 Å². The molecule has 0 aliphatic heterocycles. The number of carbonyl (C=O) groups is 1. The summed E-state index contributed by atoms with van der Waals surface area (Å²) in [5, 5.41) is 10.2. The molecule has 0 radical (unpaired) electrons. The Hall–Kier alpha value is -3.44. The highest BCUT2D eigenvalue weighted by Crippen LogP contribution is 2.30. The molecule has 0 aliphatic rings. The van der Waals surface area contributed by atoms with Crippen molar-refractivity contribution in [2.75, 3.05) is 19.5 Å². The van der Waals surface area contributed by atoms with Crippen molar-refractivity contribution in [3.63, 3.8) is 0 Å². The predicted molar refractivity (Wildman–Crippen MR) is 112 cm³/mol. The number of carbonyl (C=O) groups excluding carboxylic acids is 1. The van der Waals surface area contributed by atoms with Crippen molar-refractivity contribution >= 4 is 21.6 Å². The molecule has 1 amide bonds. The van der Waals surface area contributed by atoms with Crippen LogP contribution in [-0.2, 0) is 21.4 Å². The van der Waals surface area contributed by atoms with Gasteiger partial charge in [-0.05, 0) is 24.3 Å². The number of nitrogens with one attached hydrogen (secondary N) is 2. The van der Waals surface area contributed by atoms with Crippen LogP contribution in [0.5, 0.6) is 11.5 Å². The first-order valence-corrected chi connectivity index (χ1v) is 10.6. The minimum absolute atomic E-state index is 0.0395. The topological polar surface area (TPSA) is 133 Å². The van der Waals surface area contributed by atoms with E-state index in [1.807, 2.05) is 0 Å². The molecule has 0 unspecified atom stereocenters. The third-order valence-corrected chi connectivity index (χ3v) is 5.74. The zero-order valence-electron chi connectivity index (χ0n) is 17.4. The summed E-state index contributed by atoms with van der Waals surface area (Å²) in [5.41, 5.74) is 1.14. The molecule has 3 rings (SSSR count). The van der Waals surface area contributed by atoms with E-state index in [0.717, 1.165) is 0 Å². The zero-order chi connectivity index (χ0) is 22.6. The average molecular weight is 446 g/mol. The van der Waals surface area contributed by atoms with Crippen LogP contribution < -0.4 is 19.5 Å². The highest BCUT2D eigenvalue weighted by Gasteiger charge is 2.24. The molecular weight excluding hydrogens is 424 g/mol. The first-order valence-electron chi connectivity index (χ1n) is 9.16. The van der Waals surface area contributed by atoms with Crippen molar-refractivity contribution in [3.05, 3.63) is 47.9 Å². The minimum atomic E-state index is -4.04. The molecule has 0 saturated carbocycles. The Morgan fingerprint density at radius 1 is 1.10 bits per heavy atom. The van der Waals surface area contributed by atoms with E-state index in [1.54, 1.807) is 31.2 Å². The molecule has 10 nitrogen and oxygen atoms in total. The Morgan fingerprint density at radius 3 is 2.48 bits per heavy atom. The first-order chi connectivity index (χ1) is 14.7. The lowest BCUT2D eigenvalue weighted by atomic mass is 10.2. The van der Waals surface area contributed by atoms with E-state index in [4.69, 9.17) is 13.9 Å². The van der Waals surface area contributed by atoms with E-state index in [2.05, 4.69) is 20.2 Å². The number of hydrogen-bond donors (Lipinski definition) is 2. The monoisotopic (exact) mass is 446 g/mol. The van der Waals surface area contributed by atoms with Crippen molar-refractivity contribution < 1.29 is 27.1 Å². The molecule has 0 atom stereocenters. The maximum atomic E-state index is 13.2. The highest BCUT2D eigenvalue weighted by atomic mass is 32.2. The van der Waals surface area contributed by atoms with Crippen LogP contribution in [0, 0.1) is 6.92 Å². The van der Waals surface area contributed by atoms with Crippen molar-refractivity contribution in [2.24, 2.45) is 0 Å². The number of rotatable bonds is 8. The summed E-state index contributed by atoms with van der Waals surface area (Å²) in [6.07, 6.45) is 0. The predicted octanol–water partition coefficient (Wildman–Crippen LogP) is 2.50. The normalized spacial score (nSPS) is 11.2. The van der Waals surface area contributed by atoms with Crippen LogP contribution in [0.25, 0.3) is 11.5 Å². The summed E-state index contributed by atoms with van der Waals surface area (Å²) in [7, 11) is -1.03. The van der Waals surface area contributed by atoms with Gasteiger partial charge < -0.3 is 19.2 Å². The molecule has 31 heavy (non-hydrogen) atoms. The van der Waals surface area contributed by atoms with Crippen molar-refractivity contribution in [1.29, 1.82) is 0 Å². The molecular formula is C20H22N4O6S. The fourth-order valence-corrected chi connectivity index (χ4v) is 4.08. The molecule has 0 bridgehead atoms. The van der Waals surface area contributed by atoms with Crippen molar-refractivity contribution in [1.82, 2.24) is 14.9 Å². The second-order valence-corrected chi connectivity index (χ2v) is 8.26. The van der Waals surface area contributed by atoms with Gasteiger partial charge in [0.15, 0.2) is 0 Å². The SMILES string of the molecule is COc1ccc(CNS(=O)(=O)c2cc(NC(C)=O)ccc2-c2nnc(C)o2)c(OC)c1. The van der Waals surface area contributed by atoms with E-state index in [9.17, 15) is 13.2 Å². The standard InChI is InChI=1S/C20H22N4O6S/c1-12(25)22-15-6-8-17(20-24-23-13(2)30-20)19(9-15)31(26,27)21-11-14-5-7-16(28-3)10-18(14)29-4/h5-10,21H,11H2,1-4H3,(H,22,25). The molecule has 1 heterocycles. The van der Waals surface area contributed by atoms with E-state index in [1.165, 1.54) is 33.3 Å². The number of aromatic nitrogens is 2. The summed E-state index contributed by atoms with van der Waals surface area (Å²) >= 11 is 0. The van der Waals surface area contributed by atoms with Crippen LogP contribution in [0.1, 0.15) is 18.4 Å². The average Bonchev–Trinajstić information content (AvgIpc) is 3.17. The largest absolute Gasteiger partial charge is 0.497 e. The molecule has 2 N–H and O–H groups in total. The number of hydrogen-bond acceptors (Lipinski definition) is 8. The Bertz CT molecular complexity index is 1210. The maximum absolute atomic E-state index is 13.2. The molecule has 11 heteroatoms. The summed E-state index contributed by atoms with van der Waals surface area (Å²) in [6, 6.07) is 9.46. The van der Waals surface area contributed by atoms with E-state index < -0.39 is 10.0 Å². The first kappa shape index (κ1) is 22.2. The van der Waals surface area contributed by atoms with E-state index in [0.29, 0.717) is 28.6 Å². The number of benzene rings is 2. The fourth-order valence-electron chi connectivity index (χ4n) is 2.86. The summed E-state index contributed by atoms with van der Waals surface area (Å²) in [5.74, 6) is 1.07. The van der Waals surface area contributed by atoms with Gasteiger partial charge in [-0.3, -0.25) is 4.79 Å². The van der Waals surface area contributed by atoms with E-state index in [-0.39, 0.29) is 28.8 Å². The van der Waals surface area contributed by atoms with Gasteiger partial charge in [0.2, 0.25) is 27.7 Å². The van der Waals surface area contributed by atoms with Gasteiger partial charge in [-0.15, -0.1) is 10.2 Å². The highest BCUT2D eigenvalue weighted by molar-refractivity contribution is 7.89. The summed E-state index contributed by atoms with van der Waals surface area (Å²) in [6.45, 7) is 2.89. The molecule has 0 fully saturated rings. The molecule has 0 spiro atoms. The second kappa shape index (κ2) is 9.14. The Balaban J connectivity index is 1.98. The Labute approximate surface area is 179 Å². The number of methoxy groups -OCH3 is 2. The number of amides is 1. The summed E-state index contributed by atoms with van der Waals surface area (Å²) in [4.78, 5) is 11.3. The van der Waals surface area contributed by atoms with Crippen LogP contribution in [-0.4, -0.2) is 38.7 Å². The lowest BCUT2D eigenvalue weighted by Gasteiger charge is -2.14. The minimum Gasteiger partial charge on any atom is -0.497 e. The van der Waals surface area contributed by atoms with Crippen molar-refractivity contribution in [2.45, 2.75) is 25.3 Å². The number of sulfonamides is 1. The van der Waals surface area contributed by atoms with E-state index >= 15 is 0 Å². The molecule has 1 aromatic heterocycles. The molecule has 0 saturated heterocycles. The van der Waals surface area contributed by atoms with Crippen LogP contribution in [0.4, 0.5) is 5.69 Å². The summed E-state index contributed by atoms with van der Waals surface area (Å²) < 4.78 is 44.8. The number of aryl methyl sites for hydroxylation is 1. The van der Waals surface area contributed by atoms with Gasteiger partial charge in [0.05, 0.1) is 24.7 Å². The number of ether oxygens (including phenoxy) is 2. The lowest BCUT2D eigenvalue weighted by molar-refractivity contribution is -0.114. The molecule has 164 valence electrons. The van der Waals surface area contributed by atoms with Gasteiger partial charge in [0.25, 0.3) is 0 Å². The zero-order valence-corrected chi connectivity index (χ0v) is 18.2. The number of anilines is 1.